The van der Waals surface area contributed by atoms with Gasteiger partial charge in [-0.2, -0.15) is 0 Å². The number of hydrogen-bond acceptors (Lipinski definition) is 4. The largest absolute Gasteiger partial charge is 0.337 e. The Morgan fingerprint density at radius 3 is 2.88 bits per heavy atom. The van der Waals surface area contributed by atoms with E-state index in [-0.39, 0.29) is 11.3 Å². The number of nitrogens with zero attached hydrogens (tertiary/aromatic N) is 2. The van der Waals surface area contributed by atoms with Crippen molar-refractivity contribution in [3.8, 4) is 0 Å². The van der Waals surface area contributed by atoms with Gasteiger partial charge in [0.2, 0.25) is 0 Å². The first-order valence-corrected chi connectivity index (χ1v) is 10.1. The smallest absolute Gasteiger partial charge is 0.273 e. The molecule has 1 aromatic heterocycles. The summed E-state index contributed by atoms with van der Waals surface area (Å²) in [5, 5.41) is 6.47. The van der Waals surface area contributed by atoms with Gasteiger partial charge in [0.25, 0.3) is 5.91 Å². The van der Waals surface area contributed by atoms with Gasteiger partial charge in [-0.15, -0.1) is 11.3 Å². The summed E-state index contributed by atoms with van der Waals surface area (Å²) in [6.45, 7) is 3.91. The average molecular weight is 356 g/mol. The van der Waals surface area contributed by atoms with Crippen LogP contribution in [0.2, 0.25) is 0 Å². The number of carbonyl (C=O) groups is 1. The van der Waals surface area contributed by atoms with E-state index in [4.69, 9.17) is 0 Å². The molecule has 3 heterocycles. The molecule has 2 fully saturated rings. The van der Waals surface area contributed by atoms with Crippen LogP contribution in [0.15, 0.2) is 35.7 Å². The third-order valence-corrected chi connectivity index (χ3v) is 6.33. The van der Waals surface area contributed by atoms with Crippen molar-refractivity contribution >= 4 is 17.2 Å². The van der Waals surface area contributed by atoms with Crippen LogP contribution in [0.4, 0.5) is 0 Å². The predicted molar refractivity (Wildman–Crippen MR) is 101 cm³/mol. The molecule has 1 unspecified atom stereocenters. The highest BCUT2D eigenvalue weighted by atomic mass is 32.1. The molecule has 2 saturated heterocycles. The fourth-order valence-corrected chi connectivity index (χ4v) is 4.98. The normalized spacial score (nSPS) is 23.8. The lowest BCUT2D eigenvalue weighted by atomic mass is 9.74. The Hall–Kier alpha value is -1.72. The molecule has 5 heteroatoms. The highest BCUT2D eigenvalue weighted by Crippen LogP contribution is 2.36. The summed E-state index contributed by atoms with van der Waals surface area (Å²) >= 11 is 1.59. The molecular weight excluding hydrogens is 330 g/mol. The Labute approximate surface area is 153 Å². The monoisotopic (exact) mass is 355 g/mol. The summed E-state index contributed by atoms with van der Waals surface area (Å²) in [4.78, 5) is 19.6. The molecule has 4 rings (SSSR count). The van der Waals surface area contributed by atoms with Crippen molar-refractivity contribution in [3.63, 3.8) is 0 Å². The fourth-order valence-electron chi connectivity index (χ4n) is 4.18. The Bertz CT molecular complexity index is 716. The van der Waals surface area contributed by atoms with Gasteiger partial charge in [0.05, 0.1) is 5.01 Å². The number of benzene rings is 1. The van der Waals surface area contributed by atoms with E-state index in [1.165, 1.54) is 24.8 Å². The van der Waals surface area contributed by atoms with E-state index in [0.717, 1.165) is 44.0 Å². The van der Waals surface area contributed by atoms with Gasteiger partial charge in [-0.3, -0.25) is 4.79 Å². The first kappa shape index (κ1) is 16.7. The summed E-state index contributed by atoms with van der Waals surface area (Å²) in [5.41, 5.74) is 2.15. The molecule has 4 nitrogen and oxygen atoms in total. The average Bonchev–Trinajstić information content (AvgIpc) is 3.11. The lowest BCUT2D eigenvalue weighted by molar-refractivity contribution is 0.0429. The molecular formula is C20H25N3OS. The maximum Gasteiger partial charge on any atom is 0.273 e. The van der Waals surface area contributed by atoms with Crippen LogP contribution in [-0.4, -0.2) is 42.0 Å². The van der Waals surface area contributed by atoms with Crippen LogP contribution in [0.25, 0.3) is 0 Å². The summed E-state index contributed by atoms with van der Waals surface area (Å²) in [6.07, 6.45) is 5.60. The second kappa shape index (κ2) is 7.26. The molecule has 2 aromatic rings. The van der Waals surface area contributed by atoms with E-state index >= 15 is 0 Å². The van der Waals surface area contributed by atoms with Gasteiger partial charge in [0.1, 0.15) is 5.69 Å². The van der Waals surface area contributed by atoms with Crippen molar-refractivity contribution in [2.45, 2.75) is 32.1 Å². The molecule has 1 N–H and O–H groups in total. The molecule has 2 aliphatic rings. The van der Waals surface area contributed by atoms with Gasteiger partial charge in [-0.1, -0.05) is 30.3 Å². The van der Waals surface area contributed by atoms with Crippen molar-refractivity contribution in [1.29, 1.82) is 0 Å². The maximum absolute atomic E-state index is 12.9. The molecule has 0 saturated carbocycles. The summed E-state index contributed by atoms with van der Waals surface area (Å²) in [6, 6.07) is 10.3. The number of amides is 1. The van der Waals surface area contributed by atoms with Crippen LogP contribution in [0.3, 0.4) is 0 Å². The van der Waals surface area contributed by atoms with E-state index in [1.807, 2.05) is 28.5 Å². The number of rotatable bonds is 3. The summed E-state index contributed by atoms with van der Waals surface area (Å²) in [5.74, 6) is 0.111. The van der Waals surface area contributed by atoms with Gasteiger partial charge in [0, 0.05) is 36.9 Å². The minimum atomic E-state index is 0.111. The van der Waals surface area contributed by atoms with Gasteiger partial charge in [-0.05, 0) is 37.8 Å². The molecule has 1 amide bonds. The van der Waals surface area contributed by atoms with Crippen molar-refractivity contribution in [2.24, 2.45) is 5.41 Å². The third-order valence-electron chi connectivity index (χ3n) is 5.48. The fraction of sp³-hybridized carbons (Fsp3) is 0.500. The Morgan fingerprint density at radius 1 is 1.24 bits per heavy atom. The van der Waals surface area contributed by atoms with E-state index in [1.54, 1.807) is 11.3 Å². The number of hydrogen-bond donors (Lipinski definition) is 1. The first-order valence-electron chi connectivity index (χ1n) is 9.23. The Kier molecular flexibility index (Phi) is 4.86. The quantitative estimate of drug-likeness (QED) is 0.918. The van der Waals surface area contributed by atoms with Crippen LogP contribution >= 0.6 is 11.3 Å². The lowest BCUT2D eigenvalue weighted by Crippen LogP contribution is -2.52. The zero-order chi connectivity index (χ0) is 17.1. The maximum atomic E-state index is 12.9. The number of nitrogens with one attached hydrogen (secondary N) is 1. The van der Waals surface area contributed by atoms with E-state index in [0.29, 0.717) is 5.69 Å². The number of carbonyl (C=O) groups excluding carboxylic acids is 1. The Morgan fingerprint density at radius 2 is 2.08 bits per heavy atom. The molecule has 0 aliphatic carbocycles. The number of aromatic nitrogens is 1. The van der Waals surface area contributed by atoms with Crippen LogP contribution in [0, 0.1) is 5.41 Å². The third kappa shape index (κ3) is 3.77. The number of likely N-dealkylation sites (tertiary alicyclic amines) is 1. The topological polar surface area (TPSA) is 45.2 Å². The van der Waals surface area contributed by atoms with Gasteiger partial charge >= 0.3 is 0 Å². The molecule has 0 radical (unpaired) electrons. The lowest BCUT2D eigenvalue weighted by Gasteiger charge is -2.45. The number of thiazole rings is 1. The van der Waals surface area contributed by atoms with E-state index < -0.39 is 0 Å². The highest BCUT2D eigenvalue weighted by Gasteiger charge is 2.38. The standard InChI is InChI=1S/C20H25N3OS/c24-19(23-11-5-9-20(15-23)8-4-10-21-14-20)17-13-25-18(22-17)12-16-6-2-1-3-7-16/h1-3,6-7,13,21H,4-5,8-12,14-15H2. The molecule has 1 aromatic carbocycles. The van der Waals surface area contributed by atoms with Crippen molar-refractivity contribution in [1.82, 2.24) is 15.2 Å². The zero-order valence-electron chi connectivity index (χ0n) is 14.5. The van der Waals surface area contributed by atoms with Crippen molar-refractivity contribution in [3.05, 3.63) is 52.0 Å². The molecule has 25 heavy (non-hydrogen) atoms. The molecule has 0 bridgehead atoms. The first-order chi connectivity index (χ1) is 12.2. The summed E-state index contributed by atoms with van der Waals surface area (Å²) in [7, 11) is 0. The number of piperidine rings is 2. The van der Waals surface area contributed by atoms with Crippen LogP contribution in [0.1, 0.15) is 46.7 Å². The van der Waals surface area contributed by atoms with Gasteiger partial charge < -0.3 is 10.2 Å². The minimum absolute atomic E-state index is 0.111. The van der Waals surface area contributed by atoms with Crippen LogP contribution in [0.5, 0.6) is 0 Å². The van der Waals surface area contributed by atoms with Gasteiger partial charge in [-0.25, -0.2) is 4.98 Å². The zero-order valence-corrected chi connectivity index (χ0v) is 15.4. The van der Waals surface area contributed by atoms with Gasteiger partial charge in [0.15, 0.2) is 0 Å². The minimum Gasteiger partial charge on any atom is -0.337 e. The SMILES string of the molecule is O=C(c1csc(Cc2ccccc2)n1)N1CCCC2(CCCNC2)C1. The molecule has 1 spiro atoms. The van der Waals surface area contributed by atoms with Crippen molar-refractivity contribution < 1.29 is 4.79 Å². The second-order valence-corrected chi connectivity index (χ2v) is 8.34. The van der Waals surface area contributed by atoms with Crippen LogP contribution in [-0.2, 0) is 6.42 Å². The second-order valence-electron chi connectivity index (χ2n) is 7.40. The predicted octanol–water partition coefficient (Wildman–Crippen LogP) is 3.34. The van der Waals surface area contributed by atoms with Crippen LogP contribution < -0.4 is 5.32 Å². The molecule has 132 valence electrons. The van der Waals surface area contributed by atoms with E-state index in [2.05, 4.69) is 22.4 Å². The van der Waals surface area contributed by atoms with Crippen molar-refractivity contribution in [2.75, 3.05) is 26.2 Å². The van der Waals surface area contributed by atoms with E-state index in [9.17, 15) is 4.79 Å². The highest BCUT2D eigenvalue weighted by molar-refractivity contribution is 7.09. The summed E-state index contributed by atoms with van der Waals surface area (Å²) < 4.78 is 0. The Balaban J connectivity index is 1.44. The molecule has 1 atom stereocenters. The molecule has 2 aliphatic heterocycles.